The van der Waals surface area contributed by atoms with Crippen molar-refractivity contribution in [1.82, 2.24) is 4.90 Å². The van der Waals surface area contributed by atoms with Crippen LogP contribution >= 0.6 is 0 Å². The van der Waals surface area contributed by atoms with Gasteiger partial charge in [0.1, 0.15) is 0 Å². The van der Waals surface area contributed by atoms with E-state index < -0.39 is 0 Å². The van der Waals surface area contributed by atoms with Crippen molar-refractivity contribution < 1.29 is 9.59 Å². The molecule has 106 valence electrons. The lowest BCUT2D eigenvalue weighted by atomic mass is 9.97. The van der Waals surface area contributed by atoms with E-state index in [1.54, 1.807) is 11.0 Å². The van der Waals surface area contributed by atoms with Gasteiger partial charge in [-0.1, -0.05) is 29.8 Å². The summed E-state index contributed by atoms with van der Waals surface area (Å²) in [5.74, 6) is -0.581. The van der Waals surface area contributed by atoms with Crippen molar-refractivity contribution in [3.05, 3.63) is 41.5 Å². The first-order valence-electron chi connectivity index (χ1n) is 6.89. The molecule has 1 aliphatic rings. The van der Waals surface area contributed by atoms with Gasteiger partial charge in [-0.05, 0) is 31.4 Å². The first-order valence-corrected chi connectivity index (χ1v) is 6.89. The van der Waals surface area contributed by atoms with Crippen LogP contribution in [-0.4, -0.2) is 29.8 Å². The fourth-order valence-electron chi connectivity index (χ4n) is 2.46. The third-order valence-electron chi connectivity index (χ3n) is 3.60. The highest BCUT2D eigenvalue weighted by molar-refractivity contribution is 5.92. The highest BCUT2D eigenvalue weighted by Gasteiger charge is 2.25. The number of primary amides is 1. The number of nitrogens with zero attached hydrogens (tertiary/aromatic N) is 1. The summed E-state index contributed by atoms with van der Waals surface area (Å²) < 4.78 is 0. The Morgan fingerprint density at radius 1 is 1.40 bits per heavy atom. The second-order valence-electron chi connectivity index (χ2n) is 5.27. The molecule has 2 N–H and O–H groups in total. The average Bonchev–Trinajstić information content (AvgIpc) is 2.45. The molecular weight excluding hydrogens is 252 g/mol. The number of piperidine rings is 1. The molecule has 2 amide bonds. The van der Waals surface area contributed by atoms with Gasteiger partial charge in [0.25, 0.3) is 0 Å². The number of amides is 2. The van der Waals surface area contributed by atoms with Crippen LogP contribution in [-0.2, 0) is 9.59 Å². The van der Waals surface area contributed by atoms with Gasteiger partial charge >= 0.3 is 0 Å². The van der Waals surface area contributed by atoms with Crippen molar-refractivity contribution in [3.63, 3.8) is 0 Å². The summed E-state index contributed by atoms with van der Waals surface area (Å²) in [7, 11) is 0. The van der Waals surface area contributed by atoms with Gasteiger partial charge < -0.3 is 10.6 Å². The number of hydrogen-bond donors (Lipinski definition) is 1. The Balaban J connectivity index is 1.99. The van der Waals surface area contributed by atoms with Gasteiger partial charge in [-0.25, -0.2) is 0 Å². The Bertz CT molecular complexity index is 537. The average molecular weight is 272 g/mol. The van der Waals surface area contributed by atoms with Gasteiger partial charge in [0, 0.05) is 19.2 Å². The molecule has 1 heterocycles. The monoisotopic (exact) mass is 272 g/mol. The molecule has 0 aromatic heterocycles. The molecule has 4 heteroatoms. The first-order chi connectivity index (χ1) is 9.56. The standard InChI is InChI=1S/C16H20N2O2/c1-12-4-2-5-13(10-12)7-8-15(19)18-9-3-6-14(11-18)16(17)20/h2,4-5,7-8,10,14H,3,6,9,11H2,1H3,(H2,17,20)/b8-7+. The minimum absolute atomic E-state index is 0.0579. The van der Waals surface area contributed by atoms with Crippen molar-refractivity contribution in [1.29, 1.82) is 0 Å². The number of aryl methyl sites for hydroxylation is 1. The van der Waals surface area contributed by atoms with Crippen LogP contribution in [0.4, 0.5) is 0 Å². The molecule has 1 unspecified atom stereocenters. The van der Waals surface area contributed by atoms with Gasteiger partial charge in [0.2, 0.25) is 11.8 Å². The predicted octanol–water partition coefficient (Wildman–Crippen LogP) is 1.73. The Kier molecular flexibility index (Phi) is 4.56. The summed E-state index contributed by atoms with van der Waals surface area (Å²) >= 11 is 0. The molecule has 0 aliphatic carbocycles. The third-order valence-corrected chi connectivity index (χ3v) is 3.60. The second kappa shape index (κ2) is 6.37. The minimum Gasteiger partial charge on any atom is -0.369 e. The van der Waals surface area contributed by atoms with E-state index in [2.05, 4.69) is 0 Å². The minimum atomic E-state index is -0.315. The molecule has 1 saturated heterocycles. The number of rotatable bonds is 3. The topological polar surface area (TPSA) is 63.4 Å². The first kappa shape index (κ1) is 14.3. The van der Waals surface area contributed by atoms with E-state index in [9.17, 15) is 9.59 Å². The molecule has 1 aromatic carbocycles. The Hall–Kier alpha value is -2.10. The van der Waals surface area contributed by atoms with E-state index in [-0.39, 0.29) is 17.7 Å². The summed E-state index contributed by atoms with van der Waals surface area (Å²) in [5.41, 5.74) is 7.48. The number of likely N-dealkylation sites (tertiary alicyclic amines) is 1. The van der Waals surface area contributed by atoms with Crippen LogP contribution in [0.25, 0.3) is 6.08 Å². The molecular formula is C16H20N2O2. The quantitative estimate of drug-likeness (QED) is 0.852. The zero-order valence-corrected chi connectivity index (χ0v) is 11.7. The van der Waals surface area contributed by atoms with E-state index in [1.807, 2.05) is 37.3 Å². The summed E-state index contributed by atoms with van der Waals surface area (Å²) in [4.78, 5) is 25.0. The Labute approximate surface area is 119 Å². The molecule has 1 aromatic rings. The second-order valence-corrected chi connectivity index (χ2v) is 5.27. The normalized spacial score (nSPS) is 19.2. The Morgan fingerprint density at radius 2 is 2.20 bits per heavy atom. The molecule has 4 nitrogen and oxygen atoms in total. The third kappa shape index (κ3) is 3.70. The van der Waals surface area contributed by atoms with Gasteiger partial charge in [-0.3, -0.25) is 9.59 Å². The summed E-state index contributed by atoms with van der Waals surface area (Å²) in [6.45, 7) is 3.15. The summed E-state index contributed by atoms with van der Waals surface area (Å²) in [6, 6.07) is 7.95. The lowest BCUT2D eigenvalue weighted by Crippen LogP contribution is -2.43. The Morgan fingerprint density at radius 3 is 2.90 bits per heavy atom. The van der Waals surface area contributed by atoms with E-state index in [1.165, 1.54) is 0 Å². The van der Waals surface area contributed by atoms with Crippen LogP contribution in [0.5, 0.6) is 0 Å². The van der Waals surface area contributed by atoms with E-state index in [4.69, 9.17) is 5.73 Å². The SMILES string of the molecule is Cc1cccc(/C=C/C(=O)N2CCCC(C(N)=O)C2)c1. The molecule has 1 aliphatic heterocycles. The molecule has 0 radical (unpaired) electrons. The molecule has 2 rings (SSSR count). The number of carbonyl (C=O) groups excluding carboxylic acids is 2. The van der Waals surface area contributed by atoms with Crippen molar-refractivity contribution in [3.8, 4) is 0 Å². The molecule has 20 heavy (non-hydrogen) atoms. The zero-order valence-electron chi connectivity index (χ0n) is 11.7. The van der Waals surface area contributed by atoms with Crippen LogP contribution in [0, 0.1) is 12.8 Å². The van der Waals surface area contributed by atoms with Crippen LogP contribution in [0.2, 0.25) is 0 Å². The van der Waals surface area contributed by atoms with Crippen LogP contribution in [0.15, 0.2) is 30.3 Å². The lowest BCUT2D eigenvalue weighted by molar-refractivity contribution is -0.130. The number of hydrogen-bond acceptors (Lipinski definition) is 2. The maximum Gasteiger partial charge on any atom is 0.246 e. The van der Waals surface area contributed by atoms with E-state index >= 15 is 0 Å². The van der Waals surface area contributed by atoms with Crippen molar-refractivity contribution in [2.75, 3.05) is 13.1 Å². The van der Waals surface area contributed by atoms with Gasteiger partial charge in [0.05, 0.1) is 5.92 Å². The maximum atomic E-state index is 12.1. The molecule has 0 saturated carbocycles. The molecule has 1 fully saturated rings. The van der Waals surface area contributed by atoms with Crippen LogP contribution < -0.4 is 5.73 Å². The van der Waals surface area contributed by atoms with Gasteiger partial charge in [-0.15, -0.1) is 0 Å². The maximum absolute atomic E-state index is 12.1. The van der Waals surface area contributed by atoms with Gasteiger partial charge in [0.15, 0.2) is 0 Å². The van der Waals surface area contributed by atoms with Crippen LogP contribution in [0.3, 0.4) is 0 Å². The zero-order chi connectivity index (χ0) is 14.5. The highest BCUT2D eigenvalue weighted by Crippen LogP contribution is 2.16. The molecule has 0 bridgehead atoms. The number of carbonyl (C=O) groups is 2. The van der Waals surface area contributed by atoms with Crippen molar-refractivity contribution in [2.24, 2.45) is 11.7 Å². The fraction of sp³-hybridized carbons (Fsp3) is 0.375. The largest absolute Gasteiger partial charge is 0.369 e. The van der Waals surface area contributed by atoms with E-state index in [0.717, 1.165) is 24.0 Å². The summed E-state index contributed by atoms with van der Waals surface area (Å²) in [5, 5.41) is 0. The summed E-state index contributed by atoms with van der Waals surface area (Å²) in [6.07, 6.45) is 4.99. The van der Waals surface area contributed by atoms with Gasteiger partial charge in [-0.2, -0.15) is 0 Å². The highest BCUT2D eigenvalue weighted by atomic mass is 16.2. The van der Waals surface area contributed by atoms with Crippen LogP contribution in [0.1, 0.15) is 24.0 Å². The number of nitrogens with two attached hydrogens (primary N) is 1. The smallest absolute Gasteiger partial charge is 0.246 e. The van der Waals surface area contributed by atoms with E-state index in [0.29, 0.717) is 13.1 Å². The lowest BCUT2D eigenvalue weighted by Gasteiger charge is -2.30. The molecule has 0 spiro atoms. The van der Waals surface area contributed by atoms with Crippen molar-refractivity contribution in [2.45, 2.75) is 19.8 Å². The molecule has 1 atom stereocenters. The number of benzene rings is 1. The van der Waals surface area contributed by atoms with Crippen molar-refractivity contribution >= 4 is 17.9 Å². The predicted molar refractivity (Wildman–Crippen MR) is 78.7 cm³/mol. The fourth-order valence-corrected chi connectivity index (χ4v) is 2.46.